The lowest BCUT2D eigenvalue weighted by atomic mass is 10.0. The van der Waals surface area contributed by atoms with Crippen LogP contribution in [0.15, 0.2) is 0 Å². The average Bonchev–Trinajstić information content (AvgIpc) is 2.61. The summed E-state index contributed by atoms with van der Waals surface area (Å²) in [5.74, 6) is 0. The summed E-state index contributed by atoms with van der Waals surface area (Å²) in [4.78, 5) is 5.43. The Hall–Kier alpha value is -0.120. The van der Waals surface area contributed by atoms with E-state index in [9.17, 15) is 0 Å². The standard InChI is InChI=1S/C15H28N2O/c1-3-9-17-10-5-8-16(12-14(17)6-1)13-15-7-2-4-11-18-15/h14-15H,1-13H2. The van der Waals surface area contributed by atoms with E-state index in [1.807, 2.05) is 0 Å². The lowest BCUT2D eigenvalue weighted by Gasteiger charge is -2.36. The normalized spacial score (nSPS) is 36.0. The van der Waals surface area contributed by atoms with Crippen molar-refractivity contribution in [1.29, 1.82) is 0 Å². The minimum atomic E-state index is 0.522. The highest BCUT2D eigenvalue weighted by molar-refractivity contribution is 4.84. The Bertz CT molecular complexity index is 253. The summed E-state index contributed by atoms with van der Waals surface area (Å²) >= 11 is 0. The van der Waals surface area contributed by atoms with Crippen LogP contribution in [-0.4, -0.2) is 61.3 Å². The Balaban J connectivity index is 1.52. The fourth-order valence-corrected chi connectivity index (χ4v) is 3.85. The zero-order valence-electron chi connectivity index (χ0n) is 11.6. The SMILES string of the molecule is C1CCC(CN2CCCN3CCCCC3C2)OC1. The first kappa shape index (κ1) is 12.9. The second-order valence-electron chi connectivity index (χ2n) is 6.29. The van der Waals surface area contributed by atoms with Crippen molar-refractivity contribution in [1.82, 2.24) is 9.80 Å². The summed E-state index contributed by atoms with van der Waals surface area (Å²) in [6.07, 6.45) is 10.1. The van der Waals surface area contributed by atoms with Crippen LogP contribution in [0.2, 0.25) is 0 Å². The van der Waals surface area contributed by atoms with Crippen molar-refractivity contribution < 1.29 is 4.74 Å². The van der Waals surface area contributed by atoms with Gasteiger partial charge in [-0.15, -0.1) is 0 Å². The molecule has 3 aliphatic heterocycles. The molecule has 0 spiro atoms. The number of piperidine rings is 1. The lowest BCUT2D eigenvalue weighted by molar-refractivity contribution is -0.00783. The van der Waals surface area contributed by atoms with E-state index in [4.69, 9.17) is 4.74 Å². The Kier molecular flexibility index (Phi) is 4.55. The van der Waals surface area contributed by atoms with Crippen LogP contribution in [0.1, 0.15) is 44.9 Å². The van der Waals surface area contributed by atoms with Crippen LogP contribution >= 0.6 is 0 Å². The number of hydrogen-bond donors (Lipinski definition) is 0. The largest absolute Gasteiger partial charge is 0.377 e. The Morgan fingerprint density at radius 1 is 0.889 bits per heavy atom. The van der Waals surface area contributed by atoms with Crippen LogP contribution in [0.25, 0.3) is 0 Å². The van der Waals surface area contributed by atoms with Crippen molar-refractivity contribution >= 4 is 0 Å². The molecule has 2 atom stereocenters. The smallest absolute Gasteiger partial charge is 0.0702 e. The zero-order valence-corrected chi connectivity index (χ0v) is 11.6. The van der Waals surface area contributed by atoms with Crippen LogP contribution in [0, 0.1) is 0 Å². The highest BCUT2D eigenvalue weighted by atomic mass is 16.5. The van der Waals surface area contributed by atoms with Crippen molar-refractivity contribution in [2.75, 3.05) is 39.3 Å². The Labute approximate surface area is 111 Å². The van der Waals surface area contributed by atoms with Crippen LogP contribution in [0.5, 0.6) is 0 Å². The van der Waals surface area contributed by atoms with Gasteiger partial charge in [0.2, 0.25) is 0 Å². The molecular weight excluding hydrogens is 224 g/mol. The fraction of sp³-hybridized carbons (Fsp3) is 1.00. The molecule has 3 fully saturated rings. The predicted molar refractivity (Wildman–Crippen MR) is 73.9 cm³/mol. The van der Waals surface area contributed by atoms with Crippen molar-refractivity contribution in [3.63, 3.8) is 0 Å². The molecule has 0 aliphatic carbocycles. The van der Waals surface area contributed by atoms with Gasteiger partial charge < -0.3 is 4.74 Å². The van der Waals surface area contributed by atoms with Crippen molar-refractivity contribution in [2.45, 2.75) is 57.1 Å². The summed E-state index contributed by atoms with van der Waals surface area (Å²) in [6.45, 7) is 7.43. The van der Waals surface area contributed by atoms with Gasteiger partial charge in [0.25, 0.3) is 0 Å². The molecule has 0 N–H and O–H groups in total. The molecule has 0 aromatic rings. The van der Waals surface area contributed by atoms with Gasteiger partial charge in [0, 0.05) is 25.7 Å². The minimum Gasteiger partial charge on any atom is -0.377 e. The number of nitrogens with zero attached hydrogens (tertiary/aromatic N) is 2. The van der Waals surface area contributed by atoms with Gasteiger partial charge in [-0.1, -0.05) is 6.42 Å². The molecule has 3 saturated heterocycles. The van der Waals surface area contributed by atoms with Gasteiger partial charge in [0.15, 0.2) is 0 Å². The van der Waals surface area contributed by atoms with E-state index in [1.54, 1.807) is 0 Å². The summed E-state index contributed by atoms with van der Waals surface area (Å²) in [6, 6.07) is 0.838. The molecular formula is C15H28N2O. The number of ether oxygens (including phenoxy) is 1. The predicted octanol–water partition coefficient (Wildman–Crippen LogP) is 2.12. The van der Waals surface area contributed by atoms with E-state index in [0.717, 1.165) is 12.6 Å². The molecule has 3 heterocycles. The van der Waals surface area contributed by atoms with Gasteiger partial charge in [-0.3, -0.25) is 9.80 Å². The molecule has 3 heteroatoms. The molecule has 2 unspecified atom stereocenters. The Morgan fingerprint density at radius 3 is 2.67 bits per heavy atom. The molecule has 3 rings (SSSR count). The molecule has 0 bridgehead atoms. The molecule has 0 aromatic carbocycles. The zero-order chi connectivity index (χ0) is 12.2. The maximum Gasteiger partial charge on any atom is 0.0702 e. The topological polar surface area (TPSA) is 15.7 Å². The number of hydrogen-bond acceptors (Lipinski definition) is 3. The van der Waals surface area contributed by atoms with Crippen LogP contribution in [0.4, 0.5) is 0 Å². The molecule has 3 aliphatic rings. The van der Waals surface area contributed by atoms with E-state index in [1.165, 1.54) is 77.7 Å². The monoisotopic (exact) mass is 252 g/mol. The fourth-order valence-electron chi connectivity index (χ4n) is 3.85. The Morgan fingerprint density at radius 2 is 1.78 bits per heavy atom. The number of fused-ring (bicyclic) bond motifs is 1. The first-order chi connectivity index (χ1) is 8.92. The molecule has 0 amide bonds. The molecule has 3 nitrogen and oxygen atoms in total. The van der Waals surface area contributed by atoms with Crippen molar-refractivity contribution in [3.05, 3.63) is 0 Å². The van der Waals surface area contributed by atoms with Crippen molar-refractivity contribution in [3.8, 4) is 0 Å². The lowest BCUT2D eigenvalue weighted by Crippen LogP contribution is -2.45. The minimum absolute atomic E-state index is 0.522. The maximum absolute atomic E-state index is 5.90. The summed E-state index contributed by atoms with van der Waals surface area (Å²) < 4.78 is 5.90. The highest BCUT2D eigenvalue weighted by Crippen LogP contribution is 2.22. The van der Waals surface area contributed by atoms with Gasteiger partial charge in [0.1, 0.15) is 0 Å². The van der Waals surface area contributed by atoms with Gasteiger partial charge >= 0.3 is 0 Å². The molecule has 104 valence electrons. The second-order valence-corrected chi connectivity index (χ2v) is 6.29. The van der Waals surface area contributed by atoms with Gasteiger partial charge in [-0.2, -0.15) is 0 Å². The molecule has 0 radical (unpaired) electrons. The quantitative estimate of drug-likeness (QED) is 0.748. The van der Waals surface area contributed by atoms with Gasteiger partial charge in [-0.05, 0) is 58.2 Å². The van der Waals surface area contributed by atoms with Crippen LogP contribution < -0.4 is 0 Å². The number of rotatable bonds is 2. The maximum atomic E-state index is 5.90. The second kappa shape index (κ2) is 6.36. The van der Waals surface area contributed by atoms with Gasteiger partial charge in [-0.25, -0.2) is 0 Å². The third-order valence-electron chi connectivity index (χ3n) is 4.87. The van der Waals surface area contributed by atoms with E-state index >= 15 is 0 Å². The molecule has 0 aromatic heterocycles. The van der Waals surface area contributed by atoms with E-state index in [-0.39, 0.29) is 0 Å². The van der Waals surface area contributed by atoms with Crippen LogP contribution in [-0.2, 0) is 4.74 Å². The summed E-state index contributed by atoms with van der Waals surface area (Å²) in [5, 5.41) is 0. The summed E-state index contributed by atoms with van der Waals surface area (Å²) in [5.41, 5.74) is 0. The van der Waals surface area contributed by atoms with Crippen LogP contribution in [0.3, 0.4) is 0 Å². The first-order valence-corrected chi connectivity index (χ1v) is 8.00. The highest BCUT2D eigenvalue weighted by Gasteiger charge is 2.28. The average molecular weight is 252 g/mol. The van der Waals surface area contributed by atoms with E-state index in [2.05, 4.69) is 9.80 Å². The third-order valence-corrected chi connectivity index (χ3v) is 4.87. The molecule has 18 heavy (non-hydrogen) atoms. The third kappa shape index (κ3) is 3.25. The van der Waals surface area contributed by atoms with Gasteiger partial charge in [0.05, 0.1) is 6.10 Å². The molecule has 0 saturated carbocycles. The van der Waals surface area contributed by atoms with E-state index < -0.39 is 0 Å². The summed E-state index contributed by atoms with van der Waals surface area (Å²) in [7, 11) is 0. The van der Waals surface area contributed by atoms with E-state index in [0.29, 0.717) is 6.10 Å². The first-order valence-electron chi connectivity index (χ1n) is 8.00. The van der Waals surface area contributed by atoms with Crippen molar-refractivity contribution in [2.24, 2.45) is 0 Å².